The van der Waals surface area contributed by atoms with Gasteiger partial charge in [0.2, 0.25) is 11.8 Å². The Hall–Kier alpha value is -2.22. The molecule has 7 nitrogen and oxygen atoms in total. The molecule has 0 N–H and O–H groups in total. The van der Waals surface area contributed by atoms with Crippen LogP contribution in [0, 0.1) is 0 Å². The van der Waals surface area contributed by atoms with Gasteiger partial charge in [-0.1, -0.05) is 6.07 Å². The topological polar surface area (TPSA) is 85.5 Å². The maximum absolute atomic E-state index is 12.3. The fourth-order valence-corrected chi connectivity index (χ4v) is 3.55. The van der Waals surface area contributed by atoms with E-state index in [-0.39, 0.29) is 30.6 Å². The molecule has 1 saturated heterocycles. The molecule has 1 aliphatic rings. The minimum absolute atomic E-state index is 0.0317. The Morgan fingerprint density at radius 1 is 1.40 bits per heavy atom. The van der Waals surface area contributed by atoms with Crippen LogP contribution in [0.4, 0.5) is 0 Å². The van der Waals surface area contributed by atoms with Crippen molar-refractivity contribution in [3.8, 4) is 10.8 Å². The highest BCUT2D eigenvalue weighted by molar-refractivity contribution is 7.13. The Kier molecular flexibility index (Phi) is 5.80. The number of hydrogen-bond acceptors (Lipinski definition) is 7. The van der Waals surface area contributed by atoms with Gasteiger partial charge in [0.15, 0.2) is 0 Å². The normalized spacial score (nSPS) is 17.5. The van der Waals surface area contributed by atoms with Crippen molar-refractivity contribution in [2.45, 2.75) is 38.5 Å². The number of ether oxygens (including phenoxy) is 1. The number of hydrogen-bond donors (Lipinski definition) is 0. The van der Waals surface area contributed by atoms with Crippen molar-refractivity contribution in [2.75, 3.05) is 19.7 Å². The van der Waals surface area contributed by atoms with Crippen LogP contribution < -0.4 is 0 Å². The highest BCUT2D eigenvalue weighted by Gasteiger charge is 2.28. The van der Waals surface area contributed by atoms with Crippen molar-refractivity contribution in [2.24, 2.45) is 0 Å². The van der Waals surface area contributed by atoms with Crippen LogP contribution in [0.3, 0.4) is 0 Å². The summed E-state index contributed by atoms with van der Waals surface area (Å²) in [5.74, 6) is 0.779. The number of piperidine rings is 1. The van der Waals surface area contributed by atoms with Gasteiger partial charge in [0.25, 0.3) is 5.89 Å². The first kappa shape index (κ1) is 17.6. The van der Waals surface area contributed by atoms with Gasteiger partial charge in [-0.25, -0.2) is 0 Å². The maximum atomic E-state index is 12.3. The molecular formula is C17H21N3O4S. The largest absolute Gasteiger partial charge is 0.466 e. The standard InChI is InChI=1S/C17H21N3O4S/c1-2-23-15(22)8-7-14(21)20-9-3-5-12(11-20)16-18-19-17(24-16)13-6-4-10-25-13/h4,6,10,12H,2-3,5,7-9,11H2,1H3/t12-/m1/s1. The van der Waals surface area contributed by atoms with Crippen molar-refractivity contribution in [3.63, 3.8) is 0 Å². The van der Waals surface area contributed by atoms with E-state index < -0.39 is 0 Å². The first-order chi connectivity index (χ1) is 12.2. The van der Waals surface area contributed by atoms with E-state index in [2.05, 4.69) is 10.2 Å². The Morgan fingerprint density at radius 2 is 2.28 bits per heavy atom. The van der Waals surface area contributed by atoms with Gasteiger partial charge < -0.3 is 14.1 Å². The summed E-state index contributed by atoms with van der Waals surface area (Å²) >= 11 is 1.55. The lowest BCUT2D eigenvalue weighted by Crippen LogP contribution is -2.39. The zero-order valence-corrected chi connectivity index (χ0v) is 15.0. The first-order valence-electron chi connectivity index (χ1n) is 8.48. The number of aromatic nitrogens is 2. The fraction of sp³-hybridized carbons (Fsp3) is 0.529. The summed E-state index contributed by atoms with van der Waals surface area (Å²) in [5.41, 5.74) is 0. The second-order valence-corrected chi connectivity index (χ2v) is 6.85. The van der Waals surface area contributed by atoms with Crippen LogP contribution in [-0.2, 0) is 14.3 Å². The van der Waals surface area contributed by atoms with Crippen molar-refractivity contribution in [3.05, 3.63) is 23.4 Å². The Bertz CT molecular complexity index is 713. The fourth-order valence-electron chi connectivity index (χ4n) is 2.90. The Morgan fingerprint density at radius 3 is 3.04 bits per heavy atom. The molecule has 0 unspecified atom stereocenters. The van der Waals surface area contributed by atoms with Crippen LogP contribution in [0.25, 0.3) is 10.8 Å². The Labute approximate surface area is 150 Å². The molecule has 3 rings (SSSR count). The van der Waals surface area contributed by atoms with Gasteiger partial charge in [-0.15, -0.1) is 21.5 Å². The first-order valence-corrected chi connectivity index (χ1v) is 9.36. The zero-order chi connectivity index (χ0) is 17.6. The summed E-state index contributed by atoms with van der Waals surface area (Å²) in [4.78, 5) is 26.5. The van der Waals surface area contributed by atoms with Gasteiger partial charge in [0, 0.05) is 19.5 Å². The molecule has 1 aliphatic heterocycles. The molecule has 8 heteroatoms. The van der Waals surface area contributed by atoms with E-state index in [1.165, 1.54) is 0 Å². The second kappa shape index (κ2) is 8.24. The summed E-state index contributed by atoms with van der Waals surface area (Å²) in [5, 5.41) is 10.2. The number of rotatable bonds is 6. The zero-order valence-electron chi connectivity index (χ0n) is 14.1. The molecule has 0 aromatic carbocycles. The number of esters is 1. The van der Waals surface area contributed by atoms with Crippen LogP contribution in [0.15, 0.2) is 21.9 Å². The average Bonchev–Trinajstić information content (AvgIpc) is 3.31. The van der Waals surface area contributed by atoms with E-state index in [4.69, 9.17) is 9.15 Å². The molecule has 0 spiro atoms. The van der Waals surface area contributed by atoms with Crippen molar-refractivity contribution < 1.29 is 18.7 Å². The minimum Gasteiger partial charge on any atom is -0.466 e. The third-order valence-electron chi connectivity index (χ3n) is 4.14. The molecular weight excluding hydrogens is 342 g/mol. The van der Waals surface area contributed by atoms with Crippen molar-refractivity contribution in [1.29, 1.82) is 0 Å². The molecule has 0 aliphatic carbocycles. The smallest absolute Gasteiger partial charge is 0.306 e. The summed E-state index contributed by atoms with van der Waals surface area (Å²) in [7, 11) is 0. The molecule has 3 heterocycles. The number of amides is 1. The third kappa shape index (κ3) is 4.45. The number of carbonyl (C=O) groups is 2. The van der Waals surface area contributed by atoms with E-state index in [0.29, 0.717) is 31.5 Å². The van der Waals surface area contributed by atoms with Gasteiger partial charge in [0.05, 0.1) is 23.8 Å². The van der Waals surface area contributed by atoms with E-state index in [9.17, 15) is 9.59 Å². The van der Waals surface area contributed by atoms with Crippen LogP contribution in [-0.4, -0.2) is 46.7 Å². The summed E-state index contributed by atoms with van der Waals surface area (Å²) in [6, 6.07) is 3.88. The second-order valence-electron chi connectivity index (χ2n) is 5.91. The van der Waals surface area contributed by atoms with Crippen LogP contribution >= 0.6 is 11.3 Å². The Balaban J connectivity index is 1.57. The van der Waals surface area contributed by atoms with Gasteiger partial charge in [-0.05, 0) is 31.2 Å². The maximum Gasteiger partial charge on any atom is 0.306 e. The quantitative estimate of drug-likeness (QED) is 0.734. The summed E-state index contributed by atoms with van der Waals surface area (Å²) in [6.07, 6.45) is 2.09. The molecule has 0 bridgehead atoms. The average molecular weight is 363 g/mol. The molecule has 1 atom stereocenters. The van der Waals surface area contributed by atoms with E-state index >= 15 is 0 Å². The lowest BCUT2D eigenvalue weighted by Gasteiger charge is -2.31. The molecule has 25 heavy (non-hydrogen) atoms. The summed E-state index contributed by atoms with van der Waals surface area (Å²) < 4.78 is 10.7. The number of carbonyl (C=O) groups excluding carboxylic acids is 2. The minimum atomic E-state index is -0.332. The predicted molar refractivity (Wildman–Crippen MR) is 92.0 cm³/mol. The SMILES string of the molecule is CCOC(=O)CCC(=O)N1CCC[C@@H](c2nnc(-c3cccs3)o2)C1. The summed E-state index contributed by atoms with van der Waals surface area (Å²) in [6.45, 7) is 3.34. The monoisotopic (exact) mass is 363 g/mol. The third-order valence-corrected chi connectivity index (χ3v) is 5.00. The molecule has 0 radical (unpaired) electrons. The van der Waals surface area contributed by atoms with E-state index in [1.54, 1.807) is 23.2 Å². The van der Waals surface area contributed by atoms with Crippen molar-refractivity contribution in [1.82, 2.24) is 15.1 Å². The van der Waals surface area contributed by atoms with Gasteiger partial charge in [-0.2, -0.15) is 0 Å². The van der Waals surface area contributed by atoms with Gasteiger partial charge >= 0.3 is 5.97 Å². The van der Waals surface area contributed by atoms with Crippen LogP contribution in [0.1, 0.15) is 44.4 Å². The number of nitrogens with zero attached hydrogens (tertiary/aromatic N) is 3. The molecule has 0 saturated carbocycles. The highest BCUT2D eigenvalue weighted by Crippen LogP contribution is 2.30. The molecule has 1 fully saturated rings. The van der Waals surface area contributed by atoms with Gasteiger partial charge in [-0.3, -0.25) is 9.59 Å². The van der Waals surface area contributed by atoms with Crippen molar-refractivity contribution >= 4 is 23.2 Å². The number of thiophene rings is 1. The number of likely N-dealkylation sites (tertiary alicyclic amines) is 1. The highest BCUT2D eigenvalue weighted by atomic mass is 32.1. The predicted octanol–water partition coefficient (Wildman–Crippen LogP) is 2.85. The molecule has 2 aromatic heterocycles. The lowest BCUT2D eigenvalue weighted by molar-refractivity contribution is -0.146. The van der Waals surface area contributed by atoms with E-state index in [1.807, 2.05) is 17.5 Å². The van der Waals surface area contributed by atoms with Crippen LogP contribution in [0.2, 0.25) is 0 Å². The van der Waals surface area contributed by atoms with Crippen LogP contribution in [0.5, 0.6) is 0 Å². The molecule has 1 amide bonds. The van der Waals surface area contributed by atoms with Gasteiger partial charge in [0.1, 0.15) is 0 Å². The lowest BCUT2D eigenvalue weighted by atomic mass is 9.97. The molecule has 2 aromatic rings. The van der Waals surface area contributed by atoms with E-state index in [0.717, 1.165) is 17.7 Å². The molecule has 134 valence electrons.